The van der Waals surface area contributed by atoms with Crippen LogP contribution in [0.25, 0.3) is 0 Å². The number of hydrogen-bond acceptors (Lipinski definition) is 4. The number of halogens is 1. The second-order valence-corrected chi connectivity index (χ2v) is 3.62. The molecule has 1 aromatic heterocycles. The maximum Gasteiger partial charge on any atom is 0.161 e. The molecule has 0 radical (unpaired) electrons. The first-order valence-electron chi connectivity index (χ1n) is 5.09. The van der Waals surface area contributed by atoms with Crippen LogP contribution >= 0.6 is 0 Å². The first kappa shape index (κ1) is 12.1. The van der Waals surface area contributed by atoms with E-state index in [1.54, 1.807) is 6.92 Å². The van der Waals surface area contributed by atoms with Crippen LogP contribution in [0.1, 0.15) is 11.3 Å². The van der Waals surface area contributed by atoms with Crippen LogP contribution in [0, 0.1) is 12.7 Å². The van der Waals surface area contributed by atoms with Gasteiger partial charge in [-0.2, -0.15) is 5.10 Å². The highest BCUT2D eigenvalue weighted by Crippen LogP contribution is 2.22. The fourth-order valence-corrected chi connectivity index (χ4v) is 1.44. The number of hydroxylamine groups is 1. The molecule has 0 atom stereocenters. The molecule has 1 aromatic carbocycles. The first-order valence-corrected chi connectivity index (χ1v) is 5.09. The second kappa shape index (κ2) is 4.84. The molecule has 0 unspecified atom stereocenters. The number of aliphatic imine (C=N–C) groups is 1. The van der Waals surface area contributed by atoms with Crippen molar-refractivity contribution >= 4 is 11.5 Å². The number of amidine groups is 1. The topological polar surface area (TPSA) is 93.5 Å². The smallest absolute Gasteiger partial charge is 0.161 e. The minimum atomic E-state index is -0.691. The van der Waals surface area contributed by atoms with Gasteiger partial charge in [-0.05, 0) is 19.1 Å². The Morgan fingerprint density at radius 1 is 1.50 bits per heavy atom. The summed E-state index contributed by atoms with van der Waals surface area (Å²) in [6, 6.07) is 3.55. The van der Waals surface area contributed by atoms with Gasteiger partial charge in [0.2, 0.25) is 0 Å². The Bertz CT molecular complexity index is 594. The van der Waals surface area contributed by atoms with Crippen LogP contribution in [-0.4, -0.2) is 26.3 Å². The van der Waals surface area contributed by atoms with Crippen molar-refractivity contribution in [2.75, 3.05) is 0 Å². The highest BCUT2D eigenvalue weighted by Gasteiger charge is 2.10. The minimum absolute atomic E-state index is 0.00931. The van der Waals surface area contributed by atoms with Gasteiger partial charge >= 0.3 is 0 Å². The van der Waals surface area contributed by atoms with Crippen LogP contribution in [0.15, 0.2) is 29.4 Å². The van der Waals surface area contributed by atoms with Crippen molar-refractivity contribution in [1.29, 1.82) is 0 Å². The molecular formula is C11H11FN4O2. The summed E-state index contributed by atoms with van der Waals surface area (Å²) in [6.07, 6.45) is 1.45. The number of hydrogen-bond donors (Lipinski definition) is 4. The van der Waals surface area contributed by atoms with Gasteiger partial charge in [-0.1, -0.05) is 0 Å². The number of nitrogens with one attached hydrogen (secondary N) is 2. The number of phenols is 1. The van der Waals surface area contributed by atoms with Crippen LogP contribution in [0.2, 0.25) is 0 Å². The molecule has 0 bridgehead atoms. The van der Waals surface area contributed by atoms with Crippen molar-refractivity contribution in [1.82, 2.24) is 15.7 Å². The van der Waals surface area contributed by atoms with Gasteiger partial charge in [0.05, 0.1) is 11.8 Å². The zero-order valence-corrected chi connectivity index (χ0v) is 9.48. The van der Waals surface area contributed by atoms with Crippen LogP contribution in [0.5, 0.6) is 5.75 Å². The SMILES string of the molecule is Cc1[nH]ncc1C(=Nc1ccc(O)cc1F)NO. The molecule has 2 rings (SSSR count). The lowest BCUT2D eigenvalue weighted by atomic mass is 10.2. The number of aromatic hydroxyl groups is 1. The van der Waals surface area contributed by atoms with Crippen molar-refractivity contribution in [3.8, 4) is 5.75 Å². The molecule has 0 amide bonds. The van der Waals surface area contributed by atoms with E-state index in [1.807, 2.05) is 5.48 Å². The first-order chi connectivity index (χ1) is 8.61. The van der Waals surface area contributed by atoms with E-state index >= 15 is 0 Å². The van der Waals surface area contributed by atoms with Crippen LogP contribution < -0.4 is 5.48 Å². The fraction of sp³-hybridized carbons (Fsp3) is 0.0909. The van der Waals surface area contributed by atoms with Crippen molar-refractivity contribution in [2.24, 2.45) is 4.99 Å². The average molecular weight is 250 g/mol. The summed E-state index contributed by atoms with van der Waals surface area (Å²) >= 11 is 0. The maximum absolute atomic E-state index is 13.5. The molecule has 0 saturated carbocycles. The molecule has 0 spiro atoms. The molecule has 18 heavy (non-hydrogen) atoms. The number of H-pyrrole nitrogens is 1. The Hall–Kier alpha value is -2.41. The molecule has 0 aliphatic carbocycles. The molecule has 2 aromatic rings. The van der Waals surface area contributed by atoms with E-state index in [-0.39, 0.29) is 17.3 Å². The molecule has 94 valence electrons. The van der Waals surface area contributed by atoms with Crippen LogP contribution in [0.3, 0.4) is 0 Å². The van der Waals surface area contributed by atoms with Gasteiger partial charge in [0.1, 0.15) is 11.4 Å². The van der Waals surface area contributed by atoms with Gasteiger partial charge < -0.3 is 5.11 Å². The lowest BCUT2D eigenvalue weighted by Crippen LogP contribution is -2.20. The Morgan fingerprint density at radius 2 is 2.28 bits per heavy atom. The zero-order valence-electron chi connectivity index (χ0n) is 9.48. The van der Waals surface area contributed by atoms with Crippen molar-refractivity contribution in [2.45, 2.75) is 6.92 Å². The molecule has 6 nitrogen and oxygen atoms in total. The summed E-state index contributed by atoms with van der Waals surface area (Å²) in [5, 5.41) is 24.6. The van der Waals surface area contributed by atoms with E-state index in [9.17, 15) is 4.39 Å². The van der Waals surface area contributed by atoms with Gasteiger partial charge in [-0.25, -0.2) is 9.38 Å². The number of benzene rings is 1. The lowest BCUT2D eigenvalue weighted by molar-refractivity contribution is 0.235. The molecule has 0 fully saturated rings. The van der Waals surface area contributed by atoms with Gasteiger partial charge in [0.25, 0.3) is 0 Å². The summed E-state index contributed by atoms with van der Waals surface area (Å²) in [5.74, 6) is -0.820. The van der Waals surface area contributed by atoms with Crippen molar-refractivity contribution in [3.05, 3.63) is 41.5 Å². The molecule has 0 aliphatic rings. The highest BCUT2D eigenvalue weighted by molar-refractivity contribution is 6.00. The number of aryl methyl sites for hydroxylation is 1. The second-order valence-electron chi connectivity index (χ2n) is 3.62. The normalized spacial score (nSPS) is 11.6. The lowest BCUT2D eigenvalue weighted by Gasteiger charge is -2.04. The van der Waals surface area contributed by atoms with Crippen LogP contribution in [0.4, 0.5) is 10.1 Å². The Morgan fingerprint density at radius 3 is 2.83 bits per heavy atom. The minimum Gasteiger partial charge on any atom is -0.508 e. The molecule has 1 heterocycles. The summed E-state index contributed by atoms with van der Waals surface area (Å²) in [5.41, 5.74) is 3.08. The average Bonchev–Trinajstić information content (AvgIpc) is 2.75. The third-order valence-electron chi connectivity index (χ3n) is 2.35. The van der Waals surface area contributed by atoms with Gasteiger partial charge in [0.15, 0.2) is 11.7 Å². The number of aromatic amines is 1. The fourth-order valence-electron chi connectivity index (χ4n) is 1.44. The van der Waals surface area contributed by atoms with Gasteiger partial charge in [-0.3, -0.25) is 15.8 Å². The summed E-state index contributed by atoms with van der Waals surface area (Å²) in [6.45, 7) is 1.74. The third-order valence-corrected chi connectivity index (χ3v) is 2.35. The summed E-state index contributed by atoms with van der Waals surface area (Å²) in [4.78, 5) is 3.93. The quantitative estimate of drug-likeness (QED) is 0.370. The van der Waals surface area contributed by atoms with Crippen molar-refractivity contribution in [3.63, 3.8) is 0 Å². The molecule has 4 N–H and O–H groups in total. The predicted molar refractivity (Wildman–Crippen MR) is 62.5 cm³/mol. The van der Waals surface area contributed by atoms with Gasteiger partial charge in [0, 0.05) is 11.8 Å². The van der Waals surface area contributed by atoms with E-state index in [0.29, 0.717) is 11.3 Å². The number of phenolic OH excluding ortho intramolecular Hbond substituents is 1. The van der Waals surface area contributed by atoms with Crippen molar-refractivity contribution < 1.29 is 14.7 Å². The molecule has 0 aliphatic heterocycles. The van der Waals surface area contributed by atoms with E-state index in [4.69, 9.17) is 10.3 Å². The maximum atomic E-state index is 13.5. The largest absolute Gasteiger partial charge is 0.508 e. The molecule has 7 heteroatoms. The molecule has 0 saturated heterocycles. The number of aromatic nitrogens is 2. The Balaban J connectivity index is 2.44. The Kier molecular flexibility index (Phi) is 3.24. The Labute approximate surface area is 102 Å². The zero-order chi connectivity index (χ0) is 13.1. The number of nitrogens with zero attached hydrogens (tertiary/aromatic N) is 2. The van der Waals surface area contributed by atoms with E-state index in [0.717, 1.165) is 6.07 Å². The van der Waals surface area contributed by atoms with Crippen LogP contribution in [-0.2, 0) is 0 Å². The van der Waals surface area contributed by atoms with E-state index in [2.05, 4.69) is 15.2 Å². The molecular weight excluding hydrogens is 239 g/mol. The van der Waals surface area contributed by atoms with Gasteiger partial charge in [-0.15, -0.1) is 0 Å². The monoisotopic (exact) mass is 250 g/mol. The summed E-state index contributed by atoms with van der Waals surface area (Å²) in [7, 11) is 0. The summed E-state index contributed by atoms with van der Waals surface area (Å²) < 4.78 is 13.5. The van der Waals surface area contributed by atoms with E-state index < -0.39 is 5.82 Å². The highest BCUT2D eigenvalue weighted by atomic mass is 19.1. The number of rotatable bonds is 2. The predicted octanol–water partition coefficient (Wildman–Crippen LogP) is 1.62. The van der Waals surface area contributed by atoms with E-state index in [1.165, 1.54) is 18.3 Å². The third kappa shape index (κ3) is 2.30. The standard InChI is InChI=1S/C11H11FN4O2/c1-6-8(5-13-15-6)11(16-18)14-10-3-2-7(17)4-9(10)12/h2-5,17-18H,1H3,(H,13,15)(H,14,16).